The topological polar surface area (TPSA) is 52.6 Å². The Labute approximate surface area is 130 Å². The highest BCUT2D eigenvalue weighted by molar-refractivity contribution is 7.08. The number of aliphatic hydroxyl groups is 1. The zero-order chi connectivity index (χ0) is 14.9. The standard InChI is InChI=1S/C16H24N2O2S/c1-12-10-21-11-13(12)8-17-15(19)18-7-6-16(20)5-3-2-4-14(16)9-18/h10-11,14,20H,2-9H2,1H3,(H,17,19)/t14-,16-/m0/s1. The molecule has 2 atom stereocenters. The van der Waals surface area contributed by atoms with Crippen LogP contribution < -0.4 is 5.32 Å². The molecular formula is C16H24N2O2S. The lowest BCUT2D eigenvalue weighted by atomic mass is 9.71. The molecule has 0 unspecified atom stereocenters. The van der Waals surface area contributed by atoms with E-state index in [1.165, 1.54) is 17.5 Å². The fraction of sp³-hybridized carbons (Fsp3) is 0.688. The van der Waals surface area contributed by atoms with Crippen LogP contribution in [0.15, 0.2) is 10.8 Å². The molecule has 0 radical (unpaired) electrons. The van der Waals surface area contributed by atoms with Crippen molar-refractivity contribution in [1.29, 1.82) is 0 Å². The minimum atomic E-state index is -0.515. The molecule has 1 aromatic heterocycles. The number of nitrogens with zero attached hydrogens (tertiary/aromatic N) is 1. The summed E-state index contributed by atoms with van der Waals surface area (Å²) in [7, 11) is 0. The Balaban J connectivity index is 1.55. The number of nitrogens with one attached hydrogen (secondary N) is 1. The predicted molar refractivity (Wildman–Crippen MR) is 84.4 cm³/mol. The van der Waals surface area contributed by atoms with E-state index in [2.05, 4.69) is 23.0 Å². The lowest BCUT2D eigenvalue weighted by molar-refractivity contribution is -0.0870. The maximum absolute atomic E-state index is 12.3. The van der Waals surface area contributed by atoms with Crippen molar-refractivity contribution in [2.45, 2.75) is 51.2 Å². The van der Waals surface area contributed by atoms with Crippen molar-refractivity contribution < 1.29 is 9.90 Å². The Hall–Kier alpha value is -1.07. The van der Waals surface area contributed by atoms with E-state index in [1.807, 2.05) is 4.90 Å². The van der Waals surface area contributed by atoms with Gasteiger partial charge in [-0.15, -0.1) is 0 Å². The summed E-state index contributed by atoms with van der Waals surface area (Å²) in [5.74, 6) is 0.258. The second kappa shape index (κ2) is 5.97. The highest BCUT2D eigenvalue weighted by Crippen LogP contribution is 2.39. The van der Waals surface area contributed by atoms with Crippen molar-refractivity contribution in [3.63, 3.8) is 0 Å². The number of fused-ring (bicyclic) bond motifs is 1. The minimum Gasteiger partial charge on any atom is -0.389 e. The molecule has 0 bridgehead atoms. The maximum Gasteiger partial charge on any atom is 0.317 e. The maximum atomic E-state index is 12.3. The van der Waals surface area contributed by atoms with Gasteiger partial charge in [0.25, 0.3) is 0 Å². The third-order valence-corrected chi connectivity index (χ3v) is 6.02. The van der Waals surface area contributed by atoms with E-state index in [1.54, 1.807) is 11.3 Å². The van der Waals surface area contributed by atoms with Crippen LogP contribution in [-0.4, -0.2) is 34.7 Å². The van der Waals surface area contributed by atoms with E-state index in [9.17, 15) is 9.90 Å². The van der Waals surface area contributed by atoms with Crippen LogP contribution in [0.5, 0.6) is 0 Å². The third-order valence-electron chi connectivity index (χ3n) is 5.11. The highest BCUT2D eigenvalue weighted by atomic mass is 32.1. The van der Waals surface area contributed by atoms with Gasteiger partial charge < -0.3 is 15.3 Å². The Kier molecular flexibility index (Phi) is 4.22. The van der Waals surface area contributed by atoms with E-state index >= 15 is 0 Å². The molecule has 1 saturated carbocycles. The molecule has 4 nitrogen and oxygen atoms in total. The number of thiophene rings is 1. The summed E-state index contributed by atoms with van der Waals surface area (Å²) < 4.78 is 0. The quantitative estimate of drug-likeness (QED) is 0.882. The van der Waals surface area contributed by atoms with Gasteiger partial charge in [-0.05, 0) is 48.1 Å². The molecule has 0 spiro atoms. The van der Waals surface area contributed by atoms with Crippen LogP contribution in [0.2, 0.25) is 0 Å². The number of amides is 2. The van der Waals surface area contributed by atoms with Gasteiger partial charge in [-0.25, -0.2) is 4.79 Å². The third kappa shape index (κ3) is 3.09. The summed E-state index contributed by atoms with van der Waals surface area (Å²) in [5, 5.41) is 17.9. The van der Waals surface area contributed by atoms with Crippen LogP contribution in [0.3, 0.4) is 0 Å². The van der Waals surface area contributed by atoms with Gasteiger partial charge in [0.05, 0.1) is 5.60 Å². The van der Waals surface area contributed by atoms with Crippen molar-refractivity contribution >= 4 is 17.4 Å². The minimum absolute atomic E-state index is 0.00761. The van der Waals surface area contributed by atoms with E-state index in [0.29, 0.717) is 19.6 Å². The molecular weight excluding hydrogens is 284 g/mol. The number of aryl methyl sites for hydroxylation is 1. The molecule has 2 fully saturated rings. The Bertz CT molecular complexity index is 516. The van der Waals surface area contributed by atoms with Crippen LogP contribution >= 0.6 is 11.3 Å². The van der Waals surface area contributed by atoms with Crippen LogP contribution in [0.1, 0.15) is 43.2 Å². The van der Waals surface area contributed by atoms with E-state index < -0.39 is 5.60 Å². The smallest absolute Gasteiger partial charge is 0.317 e. The SMILES string of the molecule is Cc1cscc1CNC(=O)N1CC[C@@]2(O)CCCC[C@H]2C1. The molecule has 2 aliphatic rings. The fourth-order valence-corrected chi connectivity index (χ4v) is 4.46. The molecule has 1 aliphatic heterocycles. The average Bonchev–Trinajstić information content (AvgIpc) is 2.89. The molecule has 116 valence electrons. The number of urea groups is 1. The first-order valence-electron chi connectivity index (χ1n) is 7.85. The van der Waals surface area contributed by atoms with E-state index in [4.69, 9.17) is 0 Å². The van der Waals surface area contributed by atoms with Crippen LogP contribution in [0.4, 0.5) is 4.79 Å². The van der Waals surface area contributed by atoms with Gasteiger partial charge in [0.15, 0.2) is 0 Å². The highest BCUT2D eigenvalue weighted by Gasteiger charge is 2.43. The Morgan fingerprint density at radius 3 is 3.10 bits per heavy atom. The first-order valence-corrected chi connectivity index (χ1v) is 8.79. The number of likely N-dealkylation sites (tertiary alicyclic amines) is 1. The summed E-state index contributed by atoms with van der Waals surface area (Å²) >= 11 is 1.67. The first-order chi connectivity index (χ1) is 10.1. The van der Waals surface area contributed by atoms with Gasteiger partial charge in [-0.1, -0.05) is 12.8 Å². The molecule has 2 heterocycles. The average molecular weight is 308 g/mol. The predicted octanol–water partition coefficient (Wildman–Crippen LogP) is 2.89. The Morgan fingerprint density at radius 1 is 1.48 bits per heavy atom. The number of hydrogen-bond donors (Lipinski definition) is 2. The normalized spacial score (nSPS) is 29.0. The van der Waals surface area contributed by atoms with Crippen molar-refractivity contribution in [2.75, 3.05) is 13.1 Å². The van der Waals surface area contributed by atoms with Crippen molar-refractivity contribution in [1.82, 2.24) is 10.2 Å². The van der Waals surface area contributed by atoms with E-state index in [0.717, 1.165) is 25.7 Å². The molecule has 1 aromatic rings. The van der Waals surface area contributed by atoms with Gasteiger partial charge in [-0.2, -0.15) is 11.3 Å². The number of carbonyl (C=O) groups is 1. The molecule has 1 aliphatic carbocycles. The lowest BCUT2D eigenvalue weighted by Crippen LogP contribution is -2.56. The first kappa shape index (κ1) is 14.9. The van der Waals surface area contributed by atoms with Crippen LogP contribution in [0, 0.1) is 12.8 Å². The Morgan fingerprint density at radius 2 is 2.33 bits per heavy atom. The van der Waals surface area contributed by atoms with Gasteiger partial charge in [0.2, 0.25) is 0 Å². The fourth-order valence-electron chi connectivity index (χ4n) is 3.61. The number of carbonyl (C=O) groups excluding carboxylic acids is 1. The summed E-state index contributed by atoms with van der Waals surface area (Å²) in [5.41, 5.74) is 1.92. The van der Waals surface area contributed by atoms with Crippen molar-refractivity contribution in [2.24, 2.45) is 5.92 Å². The largest absolute Gasteiger partial charge is 0.389 e. The number of piperidine rings is 1. The van der Waals surface area contributed by atoms with Gasteiger partial charge in [-0.3, -0.25) is 0 Å². The lowest BCUT2D eigenvalue weighted by Gasteiger charge is -2.47. The zero-order valence-electron chi connectivity index (χ0n) is 12.6. The molecule has 2 N–H and O–H groups in total. The number of hydrogen-bond acceptors (Lipinski definition) is 3. The number of rotatable bonds is 2. The van der Waals surface area contributed by atoms with Crippen molar-refractivity contribution in [3.8, 4) is 0 Å². The molecule has 5 heteroatoms. The monoisotopic (exact) mass is 308 g/mol. The van der Waals surface area contributed by atoms with Gasteiger partial charge >= 0.3 is 6.03 Å². The molecule has 0 aromatic carbocycles. The molecule has 2 amide bonds. The summed E-state index contributed by atoms with van der Waals surface area (Å²) in [6.45, 7) is 4.03. The zero-order valence-corrected chi connectivity index (χ0v) is 13.4. The van der Waals surface area contributed by atoms with Gasteiger partial charge in [0.1, 0.15) is 0 Å². The van der Waals surface area contributed by atoms with Crippen LogP contribution in [-0.2, 0) is 6.54 Å². The second-order valence-electron chi connectivity index (χ2n) is 6.48. The van der Waals surface area contributed by atoms with Crippen LogP contribution in [0.25, 0.3) is 0 Å². The molecule has 21 heavy (non-hydrogen) atoms. The molecule has 3 rings (SSSR count). The van der Waals surface area contributed by atoms with E-state index in [-0.39, 0.29) is 11.9 Å². The summed E-state index contributed by atoms with van der Waals surface area (Å²) in [6.07, 6.45) is 4.97. The van der Waals surface area contributed by atoms with Gasteiger partial charge in [0, 0.05) is 25.6 Å². The van der Waals surface area contributed by atoms with Crippen molar-refractivity contribution in [3.05, 3.63) is 21.9 Å². The summed E-state index contributed by atoms with van der Waals surface area (Å²) in [4.78, 5) is 14.2. The second-order valence-corrected chi connectivity index (χ2v) is 7.22. The summed E-state index contributed by atoms with van der Waals surface area (Å²) in [6, 6.07) is 0.00761. The molecule has 1 saturated heterocycles.